The van der Waals surface area contributed by atoms with Gasteiger partial charge in [0.15, 0.2) is 0 Å². The Morgan fingerprint density at radius 1 is 1.53 bits per heavy atom. The zero-order valence-electron chi connectivity index (χ0n) is 9.07. The molecule has 1 amide bonds. The van der Waals surface area contributed by atoms with Crippen molar-refractivity contribution in [2.45, 2.75) is 20.0 Å². The van der Waals surface area contributed by atoms with Gasteiger partial charge < -0.3 is 20.5 Å². The lowest BCUT2D eigenvalue weighted by Crippen LogP contribution is -2.28. The Labute approximate surface area is 88.4 Å². The molecule has 0 spiro atoms. The largest absolute Gasteiger partial charge is 0.463 e. The van der Waals surface area contributed by atoms with Crippen molar-refractivity contribution in [1.82, 2.24) is 5.32 Å². The number of hydrogen-bond donors (Lipinski definition) is 2. The predicted octanol–water partition coefficient (Wildman–Crippen LogP) is 0.137. The van der Waals surface area contributed by atoms with Crippen molar-refractivity contribution >= 4 is 12.1 Å². The molecular formula is C9H16N2O4. The fourth-order valence-corrected chi connectivity index (χ4v) is 0.725. The van der Waals surface area contributed by atoms with E-state index in [0.717, 1.165) is 6.08 Å². The van der Waals surface area contributed by atoms with Crippen LogP contribution in [0.25, 0.3) is 0 Å². The zero-order chi connectivity index (χ0) is 11.8. The fraction of sp³-hybridized carbons (Fsp3) is 0.556. The van der Waals surface area contributed by atoms with Crippen LogP contribution in [0.2, 0.25) is 0 Å². The minimum Gasteiger partial charge on any atom is -0.463 e. The van der Waals surface area contributed by atoms with Crippen molar-refractivity contribution < 1.29 is 19.1 Å². The van der Waals surface area contributed by atoms with Crippen LogP contribution in [0.1, 0.15) is 13.8 Å². The predicted molar refractivity (Wildman–Crippen MR) is 53.9 cm³/mol. The summed E-state index contributed by atoms with van der Waals surface area (Å²) in [4.78, 5) is 21.8. The molecule has 0 aliphatic rings. The number of ether oxygens (including phenoxy) is 2. The van der Waals surface area contributed by atoms with Crippen LogP contribution in [0, 0.1) is 0 Å². The molecule has 0 rings (SSSR count). The average Bonchev–Trinajstić information content (AvgIpc) is 2.17. The normalized spacial score (nSPS) is 12.9. The molecule has 0 aromatic carbocycles. The summed E-state index contributed by atoms with van der Waals surface area (Å²) < 4.78 is 9.43. The number of carbonyl (C=O) groups is 2. The van der Waals surface area contributed by atoms with E-state index in [9.17, 15) is 9.59 Å². The van der Waals surface area contributed by atoms with Gasteiger partial charge in [0, 0.05) is 13.1 Å². The van der Waals surface area contributed by atoms with Gasteiger partial charge in [0.1, 0.15) is 6.10 Å². The molecule has 0 radical (unpaired) electrons. The second kappa shape index (κ2) is 6.69. The summed E-state index contributed by atoms with van der Waals surface area (Å²) >= 11 is 0. The Hall–Kier alpha value is -1.72. The lowest BCUT2D eigenvalue weighted by Gasteiger charge is -2.12. The van der Waals surface area contributed by atoms with Crippen molar-refractivity contribution in [2.75, 3.05) is 13.7 Å². The Bertz CT molecular complexity index is 263. The second-order valence-electron chi connectivity index (χ2n) is 2.69. The highest BCUT2D eigenvalue weighted by Crippen LogP contribution is 2.00. The molecule has 6 heteroatoms. The molecule has 0 aliphatic carbocycles. The molecule has 0 saturated carbocycles. The van der Waals surface area contributed by atoms with Gasteiger partial charge in [0.05, 0.1) is 12.3 Å². The summed E-state index contributed by atoms with van der Waals surface area (Å²) in [6.45, 7) is 3.51. The van der Waals surface area contributed by atoms with E-state index in [1.165, 1.54) is 7.05 Å². The molecule has 1 atom stereocenters. The zero-order valence-corrected chi connectivity index (χ0v) is 9.07. The van der Waals surface area contributed by atoms with Crippen LogP contribution in [0.4, 0.5) is 4.79 Å². The van der Waals surface area contributed by atoms with E-state index in [-0.39, 0.29) is 12.3 Å². The summed E-state index contributed by atoms with van der Waals surface area (Å²) in [6, 6.07) is 0. The number of esters is 1. The van der Waals surface area contributed by atoms with E-state index in [1.54, 1.807) is 13.8 Å². The Kier molecular flexibility index (Phi) is 5.92. The van der Waals surface area contributed by atoms with E-state index in [0.29, 0.717) is 0 Å². The van der Waals surface area contributed by atoms with Gasteiger partial charge in [-0.15, -0.1) is 0 Å². The van der Waals surface area contributed by atoms with E-state index in [1.807, 2.05) is 0 Å². The number of hydrogen-bond acceptors (Lipinski definition) is 5. The van der Waals surface area contributed by atoms with Gasteiger partial charge in [-0.25, -0.2) is 9.59 Å². The van der Waals surface area contributed by atoms with Crippen LogP contribution < -0.4 is 11.1 Å². The monoisotopic (exact) mass is 216 g/mol. The van der Waals surface area contributed by atoms with Gasteiger partial charge in [0.25, 0.3) is 0 Å². The average molecular weight is 216 g/mol. The van der Waals surface area contributed by atoms with E-state index < -0.39 is 18.2 Å². The van der Waals surface area contributed by atoms with Gasteiger partial charge >= 0.3 is 12.1 Å². The molecular weight excluding hydrogens is 200 g/mol. The number of carbonyl (C=O) groups excluding carboxylic acids is 2. The number of nitrogens with one attached hydrogen (secondary N) is 1. The van der Waals surface area contributed by atoms with Crippen LogP contribution >= 0.6 is 0 Å². The van der Waals surface area contributed by atoms with E-state index >= 15 is 0 Å². The molecule has 0 bridgehead atoms. The van der Waals surface area contributed by atoms with Crippen LogP contribution in [-0.4, -0.2) is 31.8 Å². The third-order valence-electron chi connectivity index (χ3n) is 1.53. The molecule has 0 heterocycles. The molecule has 6 nitrogen and oxygen atoms in total. The van der Waals surface area contributed by atoms with Crippen molar-refractivity contribution in [3.05, 3.63) is 11.8 Å². The Morgan fingerprint density at radius 2 is 2.13 bits per heavy atom. The lowest BCUT2D eigenvalue weighted by atomic mass is 10.3. The summed E-state index contributed by atoms with van der Waals surface area (Å²) in [6.07, 6.45) is -0.186. The highest BCUT2D eigenvalue weighted by molar-refractivity contribution is 5.82. The van der Waals surface area contributed by atoms with Gasteiger partial charge in [-0.05, 0) is 13.8 Å². The number of rotatable bonds is 4. The first-order valence-corrected chi connectivity index (χ1v) is 4.53. The molecule has 15 heavy (non-hydrogen) atoms. The molecule has 0 aliphatic heterocycles. The molecule has 0 saturated heterocycles. The second-order valence-corrected chi connectivity index (χ2v) is 2.69. The van der Waals surface area contributed by atoms with Crippen LogP contribution in [0.3, 0.4) is 0 Å². The van der Waals surface area contributed by atoms with Gasteiger partial charge in [-0.3, -0.25) is 0 Å². The van der Waals surface area contributed by atoms with E-state index in [2.05, 4.69) is 10.1 Å². The first-order valence-electron chi connectivity index (χ1n) is 4.53. The Morgan fingerprint density at radius 3 is 2.60 bits per heavy atom. The van der Waals surface area contributed by atoms with E-state index in [4.69, 9.17) is 10.5 Å². The van der Waals surface area contributed by atoms with Crippen LogP contribution in [0.15, 0.2) is 11.8 Å². The highest BCUT2D eigenvalue weighted by Gasteiger charge is 2.11. The van der Waals surface area contributed by atoms with Gasteiger partial charge in [0.2, 0.25) is 0 Å². The quantitative estimate of drug-likeness (QED) is 0.515. The highest BCUT2D eigenvalue weighted by atomic mass is 16.6. The fourth-order valence-electron chi connectivity index (χ4n) is 0.725. The molecule has 0 aromatic rings. The third kappa shape index (κ3) is 5.56. The maximum absolute atomic E-state index is 11.0. The van der Waals surface area contributed by atoms with Crippen molar-refractivity contribution in [1.29, 1.82) is 0 Å². The van der Waals surface area contributed by atoms with Crippen LogP contribution in [-0.2, 0) is 14.3 Å². The Balaban J connectivity index is 4.23. The topological polar surface area (TPSA) is 90.7 Å². The van der Waals surface area contributed by atoms with Gasteiger partial charge in [-0.1, -0.05) is 0 Å². The summed E-state index contributed by atoms with van der Waals surface area (Å²) in [5.74, 6) is -0.553. The smallest absolute Gasteiger partial charge is 0.407 e. The molecule has 3 N–H and O–H groups in total. The molecule has 0 aromatic heterocycles. The summed E-state index contributed by atoms with van der Waals surface area (Å²) in [5, 5.41) is 2.27. The number of amides is 1. The van der Waals surface area contributed by atoms with Crippen molar-refractivity contribution in [3.63, 3.8) is 0 Å². The maximum Gasteiger partial charge on any atom is 0.407 e. The number of nitrogens with two attached hydrogens (primary N) is 1. The molecule has 0 fully saturated rings. The first kappa shape index (κ1) is 13.3. The van der Waals surface area contributed by atoms with Crippen molar-refractivity contribution in [2.24, 2.45) is 5.73 Å². The summed E-state index contributed by atoms with van der Waals surface area (Å²) in [7, 11) is 1.43. The SMILES string of the molecule is CCOC(=O)C=C(N)C(C)OC(=O)NC. The standard InChI is InChI=1S/C9H16N2O4/c1-4-14-8(12)5-7(10)6(2)15-9(13)11-3/h5-6H,4,10H2,1-3H3,(H,11,13). The minimum atomic E-state index is -0.672. The third-order valence-corrected chi connectivity index (χ3v) is 1.53. The maximum atomic E-state index is 11.0. The van der Waals surface area contributed by atoms with Crippen LogP contribution in [0.5, 0.6) is 0 Å². The first-order chi connectivity index (χ1) is 7.01. The lowest BCUT2D eigenvalue weighted by molar-refractivity contribution is -0.137. The summed E-state index contributed by atoms with van der Waals surface area (Å²) in [5.41, 5.74) is 5.64. The molecule has 1 unspecified atom stereocenters. The minimum absolute atomic E-state index is 0.136. The molecule has 86 valence electrons. The number of alkyl carbamates (subject to hydrolysis) is 1. The van der Waals surface area contributed by atoms with Crippen molar-refractivity contribution in [3.8, 4) is 0 Å². The van der Waals surface area contributed by atoms with Gasteiger partial charge in [-0.2, -0.15) is 0 Å².